The summed E-state index contributed by atoms with van der Waals surface area (Å²) in [5, 5.41) is 7.22. The minimum atomic E-state index is -0.0774. The molecule has 3 rings (SSSR count). The number of benzene rings is 2. The lowest BCUT2D eigenvalue weighted by molar-refractivity contribution is 0.0963. The van der Waals surface area contributed by atoms with Crippen molar-refractivity contribution in [2.75, 3.05) is 12.4 Å². The first-order chi connectivity index (χ1) is 10.3. The highest BCUT2D eigenvalue weighted by atomic mass is 16.1. The molecule has 0 unspecified atom stereocenters. The van der Waals surface area contributed by atoms with Crippen LogP contribution in [0, 0.1) is 0 Å². The zero-order valence-electron chi connectivity index (χ0n) is 11.8. The van der Waals surface area contributed by atoms with Crippen LogP contribution in [0.1, 0.15) is 15.9 Å². The van der Waals surface area contributed by atoms with Gasteiger partial charge in [-0.3, -0.25) is 4.79 Å². The fourth-order valence-electron chi connectivity index (χ4n) is 2.42. The van der Waals surface area contributed by atoms with Crippen molar-refractivity contribution in [3.05, 3.63) is 65.9 Å². The summed E-state index contributed by atoms with van der Waals surface area (Å²) in [6, 6.07) is 15.8. The summed E-state index contributed by atoms with van der Waals surface area (Å²) < 4.78 is 0. The van der Waals surface area contributed by atoms with Crippen LogP contribution in [0.2, 0.25) is 0 Å². The van der Waals surface area contributed by atoms with Gasteiger partial charge in [0.15, 0.2) is 0 Å². The van der Waals surface area contributed by atoms with Crippen molar-refractivity contribution < 1.29 is 4.79 Å². The third-order valence-corrected chi connectivity index (χ3v) is 3.52. The Kier molecular flexibility index (Phi) is 3.60. The second-order valence-electron chi connectivity index (χ2n) is 4.87. The zero-order valence-corrected chi connectivity index (χ0v) is 11.8. The number of aromatic nitrogens is 1. The molecule has 1 amide bonds. The van der Waals surface area contributed by atoms with Gasteiger partial charge in [-0.15, -0.1) is 0 Å². The van der Waals surface area contributed by atoms with E-state index in [1.807, 2.05) is 30.5 Å². The Morgan fingerprint density at radius 1 is 1.14 bits per heavy atom. The molecule has 0 aliphatic carbocycles. The van der Waals surface area contributed by atoms with E-state index in [0.29, 0.717) is 12.1 Å². The minimum Gasteiger partial charge on any atom is -0.381 e. The van der Waals surface area contributed by atoms with E-state index in [9.17, 15) is 4.79 Å². The van der Waals surface area contributed by atoms with Gasteiger partial charge >= 0.3 is 0 Å². The molecule has 0 bridgehead atoms. The molecule has 21 heavy (non-hydrogen) atoms. The van der Waals surface area contributed by atoms with Gasteiger partial charge in [-0.1, -0.05) is 18.2 Å². The Morgan fingerprint density at radius 3 is 2.86 bits per heavy atom. The van der Waals surface area contributed by atoms with Crippen molar-refractivity contribution in [3.63, 3.8) is 0 Å². The second-order valence-corrected chi connectivity index (χ2v) is 4.87. The van der Waals surface area contributed by atoms with Crippen LogP contribution in [-0.2, 0) is 6.54 Å². The topological polar surface area (TPSA) is 56.9 Å². The van der Waals surface area contributed by atoms with E-state index >= 15 is 0 Å². The molecule has 4 heteroatoms. The maximum Gasteiger partial charge on any atom is 0.251 e. The lowest BCUT2D eigenvalue weighted by atomic mass is 10.1. The molecule has 0 radical (unpaired) electrons. The Bertz CT molecular complexity index is 776. The number of aromatic amines is 1. The number of hydrogen-bond donors (Lipinski definition) is 3. The maximum absolute atomic E-state index is 11.6. The van der Waals surface area contributed by atoms with Gasteiger partial charge in [0, 0.05) is 41.9 Å². The molecule has 4 nitrogen and oxygen atoms in total. The summed E-state index contributed by atoms with van der Waals surface area (Å²) in [5.41, 5.74) is 3.94. The van der Waals surface area contributed by atoms with E-state index in [1.54, 1.807) is 13.1 Å². The quantitative estimate of drug-likeness (QED) is 0.687. The van der Waals surface area contributed by atoms with Gasteiger partial charge in [-0.2, -0.15) is 0 Å². The van der Waals surface area contributed by atoms with Crippen molar-refractivity contribution in [1.29, 1.82) is 0 Å². The second kappa shape index (κ2) is 5.71. The van der Waals surface area contributed by atoms with E-state index in [4.69, 9.17) is 0 Å². The largest absolute Gasteiger partial charge is 0.381 e. The predicted octanol–water partition coefficient (Wildman–Crippen LogP) is 3.14. The van der Waals surface area contributed by atoms with Crippen LogP contribution < -0.4 is 10.6 Å². The zero-order chi connectivity index (χ0) is 14.7. The number of carbonyl (C=O) groups excluding carboxylic acids is 1. The van der Waals surface area contributed by atoms with Crippen LogP contribution in [0.3, 0.4) is 0 Å². The average molecular weight is 279 g/mol. The summed E-state index contributed by atoms with van der Waals surface area (Å²) in [7, 11) is 1.63. The normalized spacial score (nSPS) is 10.5. The van der Waals surface area contributed by atoms with Gasteiger partial charge in [0.25, 0.3) is 5.91 Å². The average Bonchev–Trinajstić information content (AvgIpc) is 3.01. The molecule has 0 fully saturated rings. The SMILES string of the molecule is CNC(=O)c1cccc(NCc2cccc3[nH]ccc23)c1. The molecule has 0 spiro atoms. The highest BCUT2D eigenvalue weighted by Crippen LogP contribution is 2.19. The van der Waals surface area contributed by atoms with E-state index in [2.05, 4.69) is 33.8 Å². The van der Waals surface area contributed by atoms with Gasteiger partial charge in [-0.25, -0.2) is 0 Å². The molecule has 0 aliphatic heterocycles. The van der Waals surface area contributed by atoms with Crippen LogP contribution >= 0.6 is 0 Å². The number of fused-ring (bicyclic) bond motifs is 1. The van der Waals surface area contributed by atoms with Crippen molar-refractivity contribution >= 4 is 22.5 Å². The van der Waals surface area contributed by atoms with Crippen LogP contribution in [0.4, 0.5) is 5.69 Å². The molecule has 0 aliphatic rings. The molecule has 0 atom stereocenters. The highest BCUT2D eigenvalue weighted by Gasteiger charge is 2.05. The van der Waals surface area contributed by atoms with Crippen molar-refractivity contribution in [1.82, 2.24) is 10.3 Å². The standard InChI is InChI=1S/C17H17N3O/c1-18-17(21)12-4-2-6-14(10-12)20-11-13-5-3-7-16-15(13)8-9-19-16/h2-10,19-20H,11H2,1H3,(H,18,21). The number of amides is 1. The molecular formula is C17H17N3O. The Balaban J connectivity index is 1.79. The van der Waals surface area contributed by atoms with Crippen LogP contribution in [0.15, 0.2) is 54.7 Å². The van der Waals surface area contributed by atoms with E-state index in [1.165, 1.54) is 10.9 Å². The van der Waals surface area contributed by atoms with E-state index in [-0.39, 0.29) is 5.91 Å². The Morgan fingerprint density at radius 2 is 2.00 bits per heavy atom. The molecule has 3 N–H and O–H groups in total. The smallest absolute Gasteiger partial charge is 0.251 e. The maximum atomic E-state index is 11.6. The summed E-state index contributed by atoms with van der Waals surface area (Å²) in [6.07, 6.45) is 1.94. The molecular weight excluding hydrogens is 262 g/mol. The summed E-state index contributed by atoms with van der Waals surface area (Å²) in [6.45, 7) is 0.715. The Labute approximate surface area is 123 Å². The first-order valence-electron chi connectivity index (χ1n) is 6.89. The number of H-pyrrole nitrogens is 1. The fourth-order valence-corrected chi connectivity index (χ4v) is 2.42. The number of anilines is 1. The van der Waals surface area contributed by atoms with Gasteiger partial charge in [0.1, 0.15) is 0 Å². The van der Waals surface area contributed by atoms with Crippen molar-refractivity contribution in [3.8, 4) is 0 Å². The summed E-state index contributed by atoms with van der Waals surface area (Å²) in [4.78, 5) is 14.8. The third kappa shape index (κ3) is 2.74. The fraction of sp³-hybridized carbons (Fsp3) is 0.118. The minimum absolute atomic E-state index is 0.0774. The number of carbonyl (C=O) groups is 1. The summed E-state index contributed by atoms with van der Waals surface area (Å²) in [5.74, 6) is -0.0774. The van der Waals surface area contributed by atoms with Crippen LogP contribution in [0.5, 0.6) is 0 Å². The molecule has 0 saturated carbocycles. The first-order valence-corrected chi connectivity index (χ1v) is 6.89. The molecule has 1 heterocycles. The molecule has 2 aromatic carbocycles. The van der Waals surface area contributed by atoms with Crippen LogP contribution in [0.25, 0.3) is 10.9 Å². The van der Waals surface area contributed by atoms with Crippen LogP contribution in [-0.4, -0.2) is 17.9 Å². The van der Waals surface area contributed by atoms with Gasteiger partial charge in [0.05, 0.1) is 0 Å². The molecule has 1 aromatic heterocycles. The van der Waals surface area contributed by atoms with Gasteiger partial charge in [-0.05, 0) is 35.9 Å². The van der Waals surface area contributed by atoms with Crippen molar-refractivity contribution in [2.45, 2.75) is 6.54 Å². The molecule has 106 valence electrons. The lowest BCUT2D eigenvalue weighted by Gasteiger charge is -2.09. The van der Waals surface area contributed by atoms with E-state index in [0.717, 1.165) is 11.2 Å². The molecule has 0 saturated heterocycles. The predicted molar refractivity (Wildman–Crippen MR) is 85.5 cm³/mol. The molecule has 3 aromatic rings. The number of nitrogens with one attached hydrogen (secondary N) is 3. The van der Waals surface area contributed by atoms with Gasteiger partial charge in [0.2, 0.25) is 0 Å². The number of hydrogen-bond acceptors (Lipinski definition) is 2. The highest BCUT2D eigenvalue weighted by molar-refractivity contribution is 5.94. The third-order valence-electron chi connectivity index (χ3n) is 3.52. The van der Waals surface area contributed by atoms with Crippen molar-refractivity contribution in [2.24, 2.45) is 0 Å². The first kappa shape index (κ1) is 13.2. The van der Waals surface area contributed by atoms with E-state index < -0.39 is 0 Å². The Hall–Kier alpha value is -2.75. The lowest BCUT2D eigenvalue weighted by Crippen LogP contribution is -2.17. The monoisotopic (exact) mass is 279 g/mol. The number of rotatable bonds is 4. The van der Waals surface area contributed by atoms with Gasteiger partial charge < -0.3 is 15.6 Å². The summed E-state index contributed by atoms with van der Waals surface area (Å²) >= 11 is 0.